The van der Waals surface area contributed by atoms with Gasteiger partial charge in [0.2, 0.25) is 0 Å². The first kappa shape index (κ1) is 19.3. The van der Waals surface area contributed by atoms with Crippen LogP contribution in [0.5, 0.6) is 0 Å². The fraction of sp³-hybridized carbons (Fsp3) is 0.348. The van der Waals surface area contributed by atoms with Gasteiger partial charge >= 0.3 is 0 Å². The van der Waals surface area contributed by atoms with Crippen molar-refractivity contribution in [1.29, 1.82) is 0 Å². The highest BCUT2D eigenvalue weighted by atomic mass is 19.1. The van der Waals surface area contributed by atoms with Crippen LogP contribution in [0.1, 0.15) is 57.7 Å². The lowest BCUT2D eigenvalue weighted by Gasteiger charge is -2.02. The van der Waals surface area contributed by atoms with Crippen molar-refractivity contribution in [2.75, 3.05) is 0 Å². The normalized spacial score (nSPS) is 14.2. The van der Waals surface area contributed by atoms with E-state index in [2.05, 4.69) is 34.2 Å². The zero-order valence-corrected chi connectivity index (χ0v) is 16.9. The fourth-order valence-corrected chi connectivity index (χ4v) is 3.77. The average Bonchev–Trinajstić information content (AvgIpc) is 3.48. The number of rotatable bonds is 3. The largest absolute Gasteiger partial charge is 0.277 e. The predicted octanol–water partition coefficient (Wildman–Crippen LogP) is 6.23. The lowest BCUT2D eigenvalue weighted by Crippen LogP contribution is -1.94. The minimum atomic E-state index is -0.255. The van der Waals surface area contributed by atoms with Gasteiger partial charge in [0, 0.05) is 22.4 Å². The fourth-order valence-electron chi connectivity index (χ4n) is 3.77. The number of aromatic nitrogens is 5. The number of nitrogens with one attached hydrogen (secondary N) is 2. The number of benzene rings is 2. The molecule has 29 heavy (non-hydrogen) atoms. The molecule has 1 fully saturated rings. The topological polar surface area (TPSA) is 70.2 Å². The van der Waals surface area contributed by atoms with Crippen LogP contribution in [0.15, 0.2) is 42.5 Å². The van der Waals surface area contributed by atoms with Crippen LogP contribution in [0, 0.1) is 5.82 Å². The van der Waals surface area contributed by atoms with Gasteiger partial charge in [-0.05, 0) is 55.3 Å². The second-order valence-corrected chi connectivity index (χ2v) is 7.57. The van der Waals surface area contributed by atoms with Crippen LogP contribution >= 0.6 is 0 Å². The standard InChI is InChI=1S/C20H18FN5.C3H8/c21-15-8-5-12(6-9-15)18-16-11-14(7-10-17(16)23-24-18)20-22-19(25-26-20)13-3-1-2-4-13;1-3-2/h5-11,13H,1-4H2,(H,23,24)(H,22,25,26);3H2,1-2H3. The van der Waals surface area contributed by atoms with E-state index in [0.717, 1.165) is 33.5 Å². The number of H-pyrrole nitrogens is 2. The predicted molar refractivity (Wildman–Crippen MR) is 114 cm³/mol. The number of hydrogen-bond acceptors (Lipinski definition) is 3. The Balaban J connectivity index is 0.000000645. The van der Waals surface area contributed by atoms with E-state index in [1.54, 1.807) is 12.1 Å². The van der Waals surface area contributed by atoms with E-state index in [1.165, 1.54) is 44.2 Å². The smallest absolute Gasteiger partial charge is 0.181 e. The molecule has 2 heterocycles. The Morgan fingerprint density at radius 3 is 2.34 bits per heavy atom. The first-order chi connectivity index (χ1) is 14.2. The summed E-state index contributed by atoms with van der Waals surface area (Å²) in [6.45, 7) is 4.25. The molecule has 0 radical (unpaired) electrons. The van der Waals surface area contributed by atoms with Gasteiger partial charge in [-0.2, -0.15) is 10.2 Å². The van der Waals surface area contributed by atoms with E-state index in [9.17, 15) is 4.39 Å². The minimum absolute atomic E-state index is 0.255. The highest BCUT2D eigenvalue weighted by Gasteiger charge is 2.21. The molecule has 2 aromatic heterocycles. The average molecular weight is 391 g/mol. The molecular formula is C23H26FN5. The molecule has 0 unspecified atom stereocenters. The van der Waals surface area contributed by atoms with Gasteiger partial charge in [0.05, 0.1) is 11.2 Å². The molecule has 5 rings (SSSR count). The molecule has 6 heteroatoms. The summed E-state index contributed by atoms with van der Waals surface area (Å²) in [4.78, 5) is 4.72. The SMILES string of the molecule is CCC.Fc1ccc(-c2n[nH]c3ccc(-c4n[nH]c(C5CCCC5)n4)cc23)cc1. The molecule has 2 N–H and O–H groups in total. The summed E-state index contributed by atoms with van der Waals surface area (Å²) in [6.07, 6.45) is 6.15. The van der Waals surface area contributed by atoms with E-state index in [-0.39, 0.29) is 5.82 Å². The number of hydrogen-bond donors (Lipinski definition) is 2. The summed E-state index contributed by atoms with van der Waals surface area (Å²) in [5.74, 6) is 1.95. The molecule has 1 aliphatic carbocycles. The van der Waals surface area contributed by atoms with Crippen molar-refractivity contribution in [1.82, 2.24) is 25.4 Å². The third kappa shape index (κ3) is 4.06. The van der Waals surface area contributed by atoms with E-state index in [4.69, 9.17) is 4.98 Å². The van der Waals surface area contributed by atoms with Crippen LogP contribution in [-0.2, 0) is 0 Å². The summed E-state index contributed by atoms with van der Waals surface area (Å²) < 4.78 is 13.2. The minimum Gasteiger partial charge on any atom is -0.277 e. The van der Waals surface area contributed by atoms with Crippen LogP contribution in [-0.4, -0.2) is 25.4 Å². The Kier molecular flexibility index (Phi) is 5.69. The van der Waals surface area contributed by atoms with E-state index >= 15 is 0 Å². The first-order valence-electron chi connectivity index (χ1n) is 10.4. The molecule has 1 saturated carbocycles. The van der Waals surface area contributed by atoms with E-state index in [0.29, 0.717) is 11.7 Å². The first-order valence-corrected chi connectivity index (χ1v) is 10.4. The van der Waals surface area contributed by atoms with E-state index in [1.807, 2.05) is 18.2 Å². The van der Waals surface area contributed by atoms with Crippen molar-refractivity contribution in [2.24, 2.45) is 0 Å². The Hall–Kier alpha value is -3.02. The third-order valence-electron chi connectivity index (χ3n) is 5.18. The van der Waals surface area contributed by atoms with E-state index < -0.39 is 0 Å². The number of halogens is 1. The molecule has 4 aromatic rings. The Morgan fingerprint density at radius 2 is 1.62 bits per heavy atom. The maximum absolute atomic E-state index is 13.2. The highest BCUT2D eigenvalue weighted by molar-refractivity contribution is 5.95. The zero-order chi connectivity index (χ0) is 20.2. The van der Waals surface area contributed by atoms with Gasteiger partial charge in [-0.15, -0.1) is 0 Å². The monoisotopic (exact) mass is 391 g/mol. The maximum atomic E-state index is 13.2. The van der Waals surface area contributed by atoms with Gasteiger partial charge in [-0.25, -0.2) is 9.37 Å². The molecular weight excluding hydrogens is 365 g/mol. The number of fused-ring (bicyclic) bond motifs is 1. The summed E-state index contributed by atoms with van der Waals surface area (Å²) in [6, 6.07) is 12.4. The second-order valence-electron chi connectivity index (χ2n) is 7.57. The van der Waals surface area contributed by atoms with Gasteiger partial charge in [0.25, 0.3) is 0 Å². The van der Waals surface area contributed by atoms with Crippen molar-refractivity contribution >= 4 is 10.9 Å². The van der Waals surface area contributed by atoms with Crippen LogP contribution in [0.4, 0.5) is 4.39 Å². The zero-order valence-electron chi connectivity index (χ0n) is 16.9. The van der Waals surface area contributed by atoms with Crippen LogP contribution in [0.2, 0.25) is 0 Å². The van der Waals surface area contributed by atoms with Crippen molar-refractivity contribution in [2.45, 2.75) is 51.9 Å². The van der Waals surface area contributed by atoms with Gasteiger partial charge < -0.3 is 0 Å². The number of nitrogens with zero attached hydrogens (tertiary/aromatic N) is 3. The summed E-state index contributed by atoms with van der Waals surface area (Å²) in [7, 11) is 0. The summed E-state index contributed by atoms with van der Waals surface area (Å²) >= 11 is 0. The summed E-state index contributed by atoms with van der Waals surface area (Å²) in [5.41, 5.74) is 3.55. The molecule has 2 aromatic carbocycles. The number of aromatic amines is 2. The van der Waals surface area contributed by atoms with Crippen molar-refractivity contribution in [3.05, 3.63) is 54.1 Å². The van der Waals surface area contributed by atoms with Crippen LogP contribution in [0.3, 0.4) is 0 Å². The van der Waals surface area contributed by atoms with Gasteiger partial charge in [-0.1, -0.05) is 33.1 Å². The molecule has 5 nitrogen and oxygen atoms in total. The Bertz CT molecular complexity index is 1070. The van der Waals surface area contributed by atoms with Gasteiger partial charge in [-0.3, -0.25) is 10.2 Å². The quantitative estimate of drug-likeness (QED) is 0.435. The van der Waals surface area contributed by atoms with Crippen molar-refractivity contribution < 1.29 is 4.39 Å². The maximum Gasteiger partial charge on any atom is 0.181 e. The lowest BCUT2D eigenvalue weighted by molar-refractivity contribution is 0.628. The Morgan fingerprint density at radius 1 is 0.931 bits per heavy atom. The molecule has 0 spiro atoms. The third-order valence-corrected chi connectivity index (χ3v) is 5.18. The van der Waals surface area contributed by atoms with Gasteiger partial charge in [0.1, 0.15) is 11.6 Å². The van der Waals surface area contributed by atoms with Crippen molar-refractivity contribution in [3.8, 4) is 22.6 Å². The van der Waals surface area contributed by atoms with Gasteiger partial charge in [0.15, 0.2) is 5.82 Å². The molecule has 0 atom stereocenters. The molecule has 1 aliphatic rings. The molecule has 0 saturated heterocycles. The van der Waals surface area contributed by atoms with Crippen LogP contribution < -0.4 is 0 Å². The highest BCUT2D eigenvalue weighted by Crippen LogP contribution is 2.34. The lowest BCUT2D eigenvalue weighted by atomic mass is 10.1. The molecule has 0 bridgehead atoms. The molecule has 150 valence electrons. The second kappa shape index (κ2) is 8.55. The summed E-state index contributed by atoms with van der Waals surface area (Å²) in [5, 5.41) is 15.9. The van der Waals surface area contributed by atoms with Crippen LogP contribution in [0.25, 0.3) is 33.5 Å². The Labute approximate surface area is 169 Å². The van der Waals surface area contributed by atoms with Crippen molar-refractivity contribution in [3.63, 3.8) is 0 Å². The molecule has 0 aliphatic heterocycles. The molecule has 0 amide bonds.